The van der Waals surface area contributed by atoms with E-state index in [1.165, 1.54) is 22.3 Å². The van der Waals surface area contributed by atoms with E-state index >= 15 is 0 Å². The average Bonchev–Trinajstić information content (AvgIpc) is 2.91. The third-order valence-electron chi connectivity index (χ3n) is 4.08. The van der Waals surface area contributed by atoms with Crippen molar-refractivity contribution in [2.24, 2.45) is 5.73 Å². The van der Waals surface area contributed by atoms with Gasteiger partial charge in [-0.25, -0.2) is 0 Å². The van der Waals surface area contributed by atoms with Crippen molar-refractivity contribution >= 4 is 6.08 Å². The summed E-state index contributed by atoms with van der Waals surface area (Å²) in [6, 6.07) is 15.2. The van der Waals surface area contributed by atoms with Gasteiger partial charge in [-0.2, -0.15) is 0 Å². The molecule has 2 aromatic rings. The fraction of sp³-hybridized carbons (Fsp3) is 0.222. The van der Waals surface area contributed by atoms with Gasteiger partial charge in [-0.05, 0) is 0 Å². The maximum atomic E-state index is 5.90. The van der Waals surface area contributed by atoms with Crippen LogP contribution in [0.1, 0.15) is 20.4 Å². The molecule has 0 fully saturated rings. The molecule has 0 saturated heterocycles. The molecule has 2 aromatic carbocycles. The molecule has 1 aliphatic carbocycles. The van der Waals surface area contributed by atoms with Crippen LogP contribution in [0.5, 0.6) is 0 Å². The first-order valence-electron chi connectivity index (χ1n) is 7.12. The molecule has 0 bridgehead atoms. The first-order valence-corrected chi connectivity index (χ1v) is 16.4. The Bertz CT molecular complexity index is 658. The Balaban J connectivity index is 2.16. The van der Waals surface area contributed by atoms with E-state index in [9.17, 15) is 0 Å². The first kappa shape index (κ1) is 14.0. The van der Waals surface area contributed by atoms with Gasteiger partial charge in [0.05, 0.1) is 0 Å². The van der Waals surface area contributed by atoms with Crippen molar-refractivity contribution in [2.45, 2.75) is 19.6 Å². The number of allylic oxidation sites excluding steroid dienone is 1. The molecule has 0 heterocycles. The Hall–Kier alpha value is -0.990. The second kappa shape index (κ2) is 5.79. The molecule has 2 heteroatoms. The van der Waals surface area contributed by atoms with Crippen LogP contribution in [-0.4, -0.2) is 0 Å². The van der Waals surface area contributed by atoms with Crippen LogP contribution in [0, 0.1) is 0 Å². The van der Waals surface area contributed by atoms with Gasteiger partial charge in [0.25, 0.3) is 0 Å². The molecule has 3 rings (SSSR count). The predicted molar refractivity (Wildman–Crippen MR) is 83.3 cm³/mol. The standard InChI is InChI=1S/C16H14N.2CH3.Hf/c17-11-13-5-1-2-8-15(13)16-10-4-7-12-6-3-9-14(12)16;;;/h1-10H,11,17H2;2*1H3;. The number of benzene rings is 2. The molecule has 101 valence electrons. The van der Waals surface area contributed by atoms with Crippen molar-refractivity contribution in [3.8, 4) is 11.1 Å². The van der Waals surface area contributed by atoms with Crippen molar-refractivity contribution in [1.29, 1.82) is 0 Å². The monoisotopic (exact) mass is 430 g/mol. The molecule has 2 N–H and O–H groups in total. The van der Waals surface area contributed by atoms with Crippen molar-refractivity contribution in [3.05, 3.63) is 65.2 Å². The van der Waals surface area contributed by atoms with Gasteiger partial charge in [0, 0.05) is 0 Å². The van der Waals surface area contributed by atoms with E-state index in [0.29, 0.717) is 6.54 Å². The third-order valence-corrected chi connectivity index (χ3v) is 10.4. The van der Waals surface area contributed by atoms with Crippen LogP contribution >= 0.6 is 0 Å². The van der Waals surface area contributed by atoms with Gasteiger partial charge >= 0.3 is 129 Å². The van der Waals surface area contributed by atoms with Crippen LogP contribution in [0.25, 0.3) is 17.2 Å². The molecule has 0 aromatic heterocycles. The topological polar surface area (TPSA) is 26.0 Å². The number of hydrogen-bond acceptors (Lipinski definition) is 1. The Morgan fingerprint density at radius 2 is 1.75 bits per heavy atom. The molecule has 1 nitrogen and oxygen atoms in total. The Kier molecular flexibility index (Phi) is 4.04. The Morgan fingerprint density at radius 3 is 2.50 bits per heavy atom. The average molecular weight is 429 g/mol. The molecule has 0 spiro atoms. The van der Waals surface area contributed by atoms with Crippen molar-refractivity contribution in [1.82, 2.24) is 0 Å². The SMILES string of the molecule is [CH3][Hf]([CH3])[CH]1C=Cc2c(-c3ccccc3CN)cccc21. The van der Waals surface area contributed by atoms with Gasteiger partial charge in [0.1, 0.15) is 0 Å². The molecule has 0 aliphatic heterocycles. The van der Waals surface area contributed by atoms with Crippen molar-refractivity contribution < 1.29 is 21.4 Å². The van der Waals surface area contributed by atoms with Gasteiger partial charge in [-0.1, -0.05) is 0 Å². The third kappa shape index (κ3) is 2.36. The molecule has 1 aliphatic rings. The van der Waals surface area contributed by atoms with E-state index < -0.39 is 21.4 Å². The molecule has 20 heavy (non-hydrogen) atoms. The summed E-state index contributed by atoms with van der Waals surface area (Å²) in [6.07, 6.45) is 4.77. The summed E-state index contributed by atoms with van der Waals surface area (Å²) in [6.45, 7) is 0.594. The molecule has 1 unspecified atom stereocenters. The normalized spacial score (nSPS) is 16.2. The summed E-state index contributed by atoms with van der Waals surface area (Å²) in [5.74, 6) is 0. The maximum absolute atomic E-state index is 5.90. The van der Waals surface area contributed by atoms with Gasteiger partial charge in [0.2, 0.25) is 0 Å². The van der Waals surface area contributed by atoms with Crippen LogP contribution in [0.15, 0.2) is 48.5 Å². The van der Waals surface area contributed by atoms with Crippen LogP contribution in [-0.2, 0) is 28.0 Å². The minimum absolute atomic E-state index is 0.594. The quantitative estimate of drug-likeness (QED) is 0.711. The van der Waals surface area contributed by atoms with Crippen LogP contribution in [0.4, 0.5) is 0 Å². The fourth-order valence-electron chi connectivity index (χ4n) is 3.04. The summed E-state index contributed by atoms with van der Waals surface area (Å²) in [5.41, 5.74) is 12.7. The fourth-order valence-corrected chi connectivity index (χ4v) is 7.90. The van der Waals surface area contributed by atoms with Crippen molar-refractivity contribution in [3.63, 3.8) is 0 Å². The number of hydrogen-bond donors (Lipinski definition) is 1. The van der Waals surface area contributed by atoms with Crippen LogP contribution in [0.3, 0.4) is 0 Å². The van der Waals surface area contributed by atoms with Crippen molar-refractivity contribution in [2.75, 3.05) is 0 Å². The summed E-state index contributed by atoms with van der Waals surface area (Å²) in [4.78, 5) is 0. The molecular weight excluding hydrogens is 409 g/mol. The van der Waals surface area contributed by atoms with Crippen LogP contribution in [0.2, 0.25) is 9.36 Å². The van der Waals surface area contributed by atoms with E-state index in [4.69, 9.17) is 5.73 Å². The molecule has 0 radical (unpaired) electrons. The van der Waals surface area contributed by atoms with E-state index in [-0.39, 0.29) is 0 Å². The predicted octanol–water partition coefficient (Wildman–Crippen LogP) is 4.59. The molecule has 1 atom stereocenters. The van der Waals surface area contributed by atoms with E-state index in [0.717, 1.165) is 3.67 Å². The van der Waals surface area contributed by atoms with Gasteiger partial charge in [-0.15, -0.1) is 0 Å². The van der Waals surface area contributed by atoms with Gasteiger partial charge in [-0.3, -0.25) is 0 Å². The zero-order valence-corrected chi connectivity index (χ0v) is 15.7. The first-order chi connectivity index (χ1) is 9.72. The number of rotatable bonds is 3. The Labute approximate surface area is 129 Å². The van der Waals surface area contributed by atoms with E-state index in [1.54, 1.807) is 5.56 Å². The Morgan fingerprint density at radius 1 is 1.00 bits per heavy atom. The van der Waals surface area contributed by atoms with E-state index in [2.05, 4.69) is 64.0 Å². The molecule has 0 amide bonds. The minimum atomic E-state index is -1.42. The molecule has 0 saturated carbocycles. The van der Waals surface area contributed by atoms with Crippen LogP contribution < -0.4 is 5.73 Å². The number of nitrogens with two attached hydrogens (primary N) is 1. The molecular formula is C18H20HfN. The number of fused-ring (bicyclic) bond motifs is 1. The van der Waals surface area contributed by atoms with Gasteiger partial charge < -0.3 is 0 Å². The summed E-state index contributed by atoms with van der Waals surface area (Å²) >= 11 is -1.42. The van der Waals surface area contributed by atoms with E-state index in [1.807, 2.05) is 0 Å². The summed E-state index contributed by atoms with van der Waals surface area (Å²) in [5, 5.41) is 0. The summed E-state index contributed by atoms with van der Waals surface area (Å²) in [7, 11) is 0. The second-order valence-electron chi connectivity index (χ2n) is 5.58. The second-order valence-corrected chi connectivity index (χ2v) is 15.6. The summed E-state index contributed by atoms with van der Waals surface area (Å²) < 4.78 is 5.74. The zero-order chi connectivity index (χ0) is 14.1. The zero-order valence-electron chi connectivity index (χ0n) is 12.1. The van der Waals surface area contributed by atoms with Gasteiger partial charge in [0.15, 0.2) is 0 Å².